The molecule has 0 saturated carbocycles. The van der Waals surface area contributed by atoms with Crippen LogP contribution in [0.1, 0.15) is 37.5 Å². The smallest absolute Gasteiger partial charge is 0.407 e. The Kier molecular flexibility index (Phi) is 7.97. The molecule has 0 radical (unpaired) electrons. The first-order chi connectivity index (χ1) is 19.7. The van der Waals surface area contributed by atoms with Gasteiger partial charge < -0.3 is 23.9 Å². The highest BCUT2D eigenvalue weighted by Crippen LogP contribution is 2.33. The van der Waals surface area contributed by atoms with E-state index >= 15 is 0 Å². The Hall–Kier alpha value is -4.78. The van der Waals surface area contributed by atoms with Crippen molar-refractivity contribution in [3.63, 3.8) is 0 Å². The monoisotopic (exact) mass is 551 g/mol. The molecular weight excluding hydrogens is 518 g/mol. The molecule has 0 atom stereocenters. The van der Waals surface area contributed by atoms with Gasteiger partial charge in [-0.2, -0.15) is 0 Å². The molecule has 1 heterocycles. The van der Waals surface area contributed by atoms with E-state index in [0.29, 0.717) is 18.9 Å². The number of ether oxygens (including phenoxy) is 3. The van der Waals surface area contributed by atoms with Gasteiger partial charge in [-0.15, -0.1) is 0 Å². The third kappa shape index (κ3) is 6.87. The molecule has 4 aromatic carbocycles. The summed E-state index contributed by atoms with van der Waals surface area (Å²) in [4.78, 5) is 24.3. The van der Waals surface area contributed by atoms with Crippen LogP contribution in [0.5, 0.6) is 5.75 Å². The lowest BCUT2D eigenvalue weighted by Gasteiger charge is -2.19. The third-order valence-corrected chi connectivity index (χ3v) is 6.57. The number of esters is 1. The maximum absolute atomic E-state index is 12.1. The lowest BCUT2D eigenvalue weighted by atomic mass is 9.99. The van der Waals surface area contributed by atoms with Crippen molar-refractivity contribution < 1.29 is 28.2 Å². The van der Waals surface area contributed by atoms with Gasteiger partial charge in [-0.3, -0.25) is 4.79 Å². The number of hydrogen-bond donors (Lipinski definition) is 1. The SMILES string of the molecule is COC(=O)Cc1cc2ccccc2cc1OCc1cc(-c2cccc(CNC(=O)OC(C)(C)C)c2)c2occc2c1. The van der Waals surface area contributed by atoms with Crippen molar-refractivity contribution in [2.45, 2.75) is 45.9 Å². The summed E-state index contributed by atoms with van der Waals surface area (Å²) in [6.45, 7) is 6.12. The first kappa shape index (κ1) is 27.8. The summed E-state index contributed by atoms with van der Waals surface area (Å²) in [6, 6.07) is 25.9. The third-order valence-electron chi connectivity index (χ3n) is 6.57. The number of alkyl carbamates (subject to hydrolysis) is 1. The average Bonchev–Trinajstić information content (AvgIpc) is 3.42. The molecule has 0 unspecified atom stereocenters. The standard InChI is InChI=1S/C34H33NO6/c1-34(2,3)41-33(37)35-20-22-8-7-11-26(14-22)29-16-23(15-27-12-13-39-32(27)29)21-40-30-18-25-10-6-5-9-24(25)17-28(30)19-31(36)38-4/h5-18H,19-21H2,1-4H3,(H,35,37). The van der Waals surface area contributed by atoms with E-state index in [4.69, 9.17) is 18.6 Å². The lowest BCUT2D eigenvalue weighted by molar-refractivity contribution is -0.139. The van der Waals surface area contributed by atoms with Crippen LogP contribution in [0.15, 0.2) is 89.5 Å². The number of rotatable bonds is 8. The van der Waals surface area contributed by atoms with Crippen LogP contribution in [0.4, 0.5) is 4.79 Å². The molecule has 41 heavy (non-hydrogen) atoms. The Bertz CT molecular complexity index is 1710. The maximum Gasteiger partial charge on any atom is 0.407 e. The predicted molar refractivity (Wildman–Crippen MR) is 159 cm³/mol. The topological polar surface area (TPSA) is 87.0 Å². The second-order valence-electron chi connectivity index (χ2n) is 10.9. The highest BCUT2D eigenvalue weighted by atomic mass is 16.6. The van der Waals surface area contributed by atoms with Gasteiger partial charge in [0, 0.05) is 23.1 Å². The van der Waals surface area contributed by atoms with Gasteiger partial charge in [-0.1, -0.05) is 42.5 Å². The van der Waals surface area contributed by atoms with Gasteiger partial charge in [0.25, 0.3) is 0 Å². The molecule has 0 aliphatic carbocycles. The average molecular weight is 552 g/mol. The van der Waals surface area contributed by atoms with Crippen LogP contribution in [-0.4, -0.2) is 24.8 Å². The van der Waals surface area contributed by atoms with Gasteiger partial charge in [-0.05, 0) is 84.6 Å². The van der Waals surface area contributed by atoms with Crippen molar-refractivity contribution >= 4 is 33.8 Å². The molecule has 1 N–H and O–H groups in total. The number of carbonyl (C=O) groups excluding carboxylic acids is 2. The number of carbonyl (C=O) groups is 2. The zero-order valence-corrected chi connectivity index (χ0v) is 23.7. The molecule has 5 rings (SSSR count). The number of furan rings is 1. The van der Waals surface area contributed by atoms with Crippen LogP contribution >= 0.6 is 0 Å². The number of methoxy groups -OCH3 is 1. The summed E-state index contributed by atoms with van der Waals surface area (Å²) >= 11 is 0. The summed E-state index contributed by atoms with van der Waals surface area (Å²) in [7, 11) is 1.38. The first-order valence-corrected chi connectivity index (χ1v) is 13.5. The largest absolute Gasteiger partial charge is 0.489 e. The minimum atomic E-state index is -0.563. The Morgan fingerprint density at radius 3 is 2.39 bits per heavy atom. The highest BCUT2D eigenvalue weighted by molar-refractivity contribution is 5.93. The number of hydrogen-bond acceptors (Lipinski definition) is 6. The predicted octanol–water partition coefficient (Wildman–Crippen LogP) is 7.57. The van der Waals surface area contributed by atoms with Gasteiger partial charge in [0.2, 0.25) is 0 Å². The molecule has 7 nitrogen and oxygen atoms in total. The molecule has 0 saturated heterocycles. The van der Waals surface area contributed by atoms with Gasteiger partial charge in [0.05, 0.1) is 19.8 Å². The Balaban J connectivity index is 1.41. The summed E-state index contributed by atoms with van der Waals surface area (Å²) in [5, 5.41) is 5.82. The van der Waals surface area contributed by atoms with E-state index in [2.05, 4.69) is 5.32 Å². The summed E-state index contributed by atoms with van der Waals surface area (Å²) < 4.78 is 22.4. The fourth-order valence-corrected chi connectivity index (χ4v) is 4.71. The Morgan fingerprint density at radius 2 is 1.63 bits per heavy atom. The van der Waals surface area contributed by atoms with E-state index in [1.807, 2.05) is 99.6 Å². The number of amides is 1. The number of benzene rings is 4. The van der Waals surface area contributed by atoms with Crippen molar-refractivity contribution in [2.24, 2.45) is 0 Å². The van der Waals surface area contributed by atoms with E-state index in [1.54, 1.807) is 6.26 Å². The molecule has 0 aliphatic heterocycles. The van der Waals surface area contributed by atoms with Crippen molar-refractivity contribution in [1.29, 1.82) is 0 Å². The van der Waals surface area contributed by atoms with Crippen LogP contribution < -0.4 is 10.1 Å². The fourth-order valence-electron chi connectivity index (χ4n) is 4.71. The molecule has 0 bridgehead atoms. The number of nitrogens with one attached hydrogen (secondary N) is 1. The van der Waals surface area contributed by atoms with E-state index in [9.17, 15) is 9.59 Å². The second kappa shape index (κ2) is 11.8. The summed E-state index contributed by atoms with van der Waals surface area (Å²) in [5.41, 5.74) is 4.72. The summed E-state index contributed by atoms with van der Waals surface area (Å²) in [6.07, 6.45) is 1.33. The van der Waals surface area contributed by atoms with Crippen molar-refractivity contribution in [2.75, 3.05) is 7.11 Å². The van der Waals surface area contributed by atoms with E-state index in [-0.39, 0.29) is 12.4 Å². The van der Waals surface area contributed by atoms with E-state index in [0.717, 1.165) is 49.6 Å². The molecular formula is C34H33NO6. The molecule has 0 spiro atoms. The van der Waals surface area contributed by atoms with Crippen LogP contribution in [0, 0.1) is 0 Å². The fraction of sp³-hybridized carbons (Fsp3) is 0.235. The Labute approximate surface area is 239 Å². The minimum Gasteiger partial charge on any atom is -0.489 e. The van der Waals surface area contributed by atoms with Gasteiger partial charge in [-0.25, -0.2) is 4.79 Å². The van der Waals surface area contributed by atoms with Crippen LogP contribution in [0.3, 0.4) is 0 Å². The van der Waals surface area contributed by atoms with Gasteiger partial charge >= 0.3 is 12.1 Å². The molecule has 0 aliphatic rings. The minimum absolute atomic E-state index is 0.118. The molecule has 7 heteroatoms. The Morgan fingerprint density at radius 1 is 0.854 bits per heavy atom. The quantitative estimate of drug-likeness (QED) is 0.200. The van der Waals surface area contributed by atoms with Crippen molar-refractivity contribution in [1.82, 2.24) is 5.32 Å². The first-order valence-electron chi connectivity index (χ1n) is 13.5. The zero-order valence-electron chi connectivity index (χ0n) is 23.7. The second-order valence-corrected chi connectivity index (χ2v) is 10.9. The van der Waals surface area contributed by atoms with Crippen LogP contribution in [0.25, 0.3) is 32.9 Å². The molecule has 210 valence electrons. The van der Waals surface area contributed by atoms with Crippen molar-refractivity contribution in [3.05, 3.63) is 102 Å². The van der Waals surface area contributed by atoms with Crippen molar-refractivity contribution in [3.8, 4) is 16.9 Å². The normalized spacial score (nSPS) is 11.4. The van der Waals surface area contributed by atoms with Crippen LogP contribution in [0.2, 0.25) is 0 Å². The molecule has 1 amide bonds. The van der Waals surface area contributed by atoms with Gasteiger partial charge in [0.1, 0.15) is 23.5 Å². The highest BCUT2D eigenvalue weighted by Gasteiger charge is 2.17. The summed E-state index contributed by atoms with van der Waals surface area (Å²) in [5.74, 6) is 0.312. The zero-order chi connectivity index (χ0) is 29.0. The molecule has 1 aromatic heterocycles. The van der Waals surface area contributed by atoms with Gasteiger partial charge in [0.15, 0.2) is 0 Å². The lowest BCUT2D eigenvalue weighted by Crippen LogP contribution is -2.32. The molecule has 0 fully saturated rings. The number of fused-ring (bicyclic) bond motifs is 2. The maximum atomic E-state index is 12.1. The molecule has 5 aromatic rings. The van der Waals surface area contributed by atoms with E-state index in [1.165, 1.54) is 7.11 Å². The van der Waals surface area contributed by atoms with E-state index < -0.39 is 11.7 Å². The van der Waals surface area contributed by atoms with Crippen LogP contribution in [-0.2, 0) is 33.8 Å².